The third-order valence-electron chi connectivity index (χ3n) is 3.94. The maximum absolute atomic E-state index is 12.6. The van der Waals surface area contributed by atoms with Crippen molar-refractivity contribution in [2.24, 2.45) is 0 Å². The van der Waals surface area contributed by atoms with Crippen LogP contribution in [0.4, 0.5) is 14.5 Å². The molecule has 2 amide bonds. The number of amides is 2. The van der Waals surface area contributed by atoms with Gasteiger partial charge in [0.1, 0.15) is 6.54 Å². The molecule has 0 aliphatic heterocycles. The Morgan fingerprint density at radius 3 is 2.39 bits per heavy atom. The van der Waals surface area contributed by atoms with E-state index in [0.29, 0.717) is 24.7 Å². The van der Waals surface area contributed by atoms with Crippen LogP contribution in [-0.4, -0.2) is 49.9 Å². The largest absolute Gasteiger partial charge is 0.490 e. The average molecular weight is 483 g/mol. The third-order valence-corrected chi connectivity index (χ3v) is 4.73. The molecule has 0 unspecified atom stereocenters. The van der Waals surface area contributed by atoms with E-state index in [2.05, 4.69) is 10.6 Å². The van der Waals surface area contributed by atoms with Gasteiger partial charge in [-0.25, -0.2) is 0 Å². The number of anilines is 1. The van der Waals surface area contributed by atoms with E-state index in [0.717, 1.165) is 0 Å². The summed E-state index contributed by atoms with van der Waals surface area (Å²) in [4.78, 5) is 36.4. The number of thioether (sulfide) groups is 1. The number of esters is 1. The minimum atomic E-state index is -2.65. The highest BCUT2D eigenvalue weighted by molar-refractivity contribution is 7.99. The minimum absolute atomic E-state index is 0.178. The number of carbonyl (C=O) groups excluding carboxylic acids is 3. The van der Waals surface area contributed by atoms with Crippen LogP contribution in [0.5, 0.6) is 11.5 Å². The molecule has 33 heavy (non-hydrogen) atoms. The van der Waals surface area contributed by atoms with E-state index in [-0.39, 0.29) is 27.9 Å². The highest BCUT2D eigenvalue weighted by Crippen LogP contribution is 2.31. The minimum Gasteiger partial charge on any atom is -0.490 e. The van der Waals surface area contributed by atoms with Crippen molar-refractivity contribution in [3.05, 3.63) is 48.0 Å². The first kappa shape index (κ1) is 25.9. The Hall–Kier alpha value is -3.34. The van der Waals surface area contributed by atoms with Crippen molar-refractivity contribution in [3.8, 4) is 11.5 Å². The first-order chi connectivity index (χ1) is 15.8. The second-order valence-electron chi connectivity index (χ2n) is 6.29. The standard InChI is InChI=1S/C22H24F2N2O6S/c1-3-30-16-10-9-14(11-17(16)31-4-2)21(29)25-12-20(28)32-13-19(27)26-15-7-5-6-8-18(15)33-22(23)24/h5-11,22H,3-4,12-13H2,1-2H3,(H,25,29)(H,26,27). The van der Waals surface area contributed by atoms with Crippen LogP contribution in [0, 0.1) is 0 Å². The predicted molar refractivity (Wildman–Crippen MR) is 119 cm³/mol. The summed E-state index contributed by atoms with van der Waals surface area (Å²) in [5, 5.41) is 4.81. The fraction of sp³-hybridized carbons (Fsp3) is 0.318. The lowest BCUT2D eigenvalue weighted by Gasteiger charge is -2.12. The van der Waals surface area contributed by atoms with Crippen molar-refractivity contribution in [1.82, 2.24) is 5.32 Å². The van der Waals surface area contributed by atoms with E-state index in [9.17, 15) is 23.2 Å². The number of hydrogen-bond donors (Lipinski definition) is 2. The van der Waals surface area contributed by atoms with Crippen molar-refractivity contribution in [2.75, 3.05) is 31.7 Å². The van der Waals surface area contributed by atoms with Gasteiger partial charge in [-0.1, -0.05) is 23.9 Å². The number of halogens is 2. The molecule has 11 heteroatoms. The molecule has 0 saturated heterocycles. The fourth-order valence-corrected chi connectivity index (χ4v) is 3.19. The van der Waals surface area contributed by atoms with Crippen LogP contribution in [0.25, 0.3) is 0 Å². The second kappa shape index (κ2) is 13.3. The van der Waals surface area contributed by atoms with E-state index in [1.165, 1.54) is 24.3 Å². The molecule has 2 N–H and O–H groups in total. The molecule has 0 fully saturated rings. The third kappa shape index (κ3) is 8.60. The van der Waals surface area contributed by atoms with Gasteiger partial charge in [0, 0.05) is 10.5 Å². The van der Waals surface area contributed by atoms with E-state index in [4.69, 9.17) is 14.2 Å². The lowest BCUT2D eigenvalue weighted by Crippen LogP contribution is -2.32. The summed E-state index contributed by atoms with van der Waals surface area (Å²) >= 11 is 0.288. The zero-order valence-electron chi connectivity index (χ0n) is 18.1. The first-order valence-corrected chi connectivity index (χ1v) is 10.9. The first-order valence-electron chi connectivity index (χ1n) is 10.0. The molecule has 0 saturated carbocycles. The molecule has 0 atom stereocenters. The zero-order chi connectivity index (χ0) is 24.2. The maximum atomic E-state index is 12.6. The van der Waals surface area contributed by atoms with Crippen molar-refractivity contribution >= 4 is 35.2 Å². The Labute approximate surface area is 194 Å². The van der Waals surface area contributed by atoms with Crippen LogP contribution >= 0.6 is 11.8 Å². The summed E-state index contributed by atoms with van der Waals surface area (Å²) in [5.41, 5.74) is 0.429. The zero-order valence-corrected chi connectivity index (χ0v) is 18.9. The molecule has 0 bridgehead atoms. The lowest BCUT2D eigenvalue weighted by atomic mass is 10.2. The SMILES string of the molecule is CCOc1ccc(C(=O)NCC(=O)OCC(=O)Nc2ccccc2SC(F)F)cc1OCC. The number of alkyl halides is 2. The van der Waals surface area contributed by atoms with Crippen molar-refractivity contribution in [1.29, 1.82) is 0 Å². The van der Waals surface area contributed by atoms with Gasteiger partial charge < -0.3 is 24.8 Å². The van der Waals surface area contributed by atoms with Gasteiger partial charge in [0.05, 0.1) is 18.9 Å². The molecule has 178 valence electrons. The maximum Gasteiger partial charge on any atom is 0.325 e. The summed E-state index contributed by atoms with van der Waals surface area (Å²) in [6.07, 6.45) is 0. The summed E-state index contributed by atoms with van der Waals surface area (Å²) < 4.78 is 41.0. The summed E-state index contributed by atoms with van der Waals surface area (Å²) in [7, 11) is 0. The molecular formula is C22H24F2N2O6S. The van der Waals surface area contributed by atoms with Crippen LogP contribution in [0.3, 0.4) is 0 Å². The molecule has 2 aromatic carbocycles. The quantitative estimate of drug-likeness (QED) is 0.351. The van der Waals surface area contributed by atoms with Gasteiger partial charge in [-0.15, -0.1) is 0 Å². The van der Waals surface area contributed by atoms with Gasteiger partial charge in [0.15, 0.2) is 18.1 Å². The predicted octanol–water partition coefficient (Wildman–Crippen LogP) is 3.71. The van der Waals surface area contributed by atoms with Crippen LogP contribution in [0.15, 0.2) is 47.4 Å². The molecule has 0 radical (unpaired) electrons. The fourth-order valence-electron chi connectivity index (χ4n) is 2.60. The number of nitrogens with one attached hydrogen (secondary N) is 2. The van der Waals surface area contributed by atoms with Crippen LogP contribution in [-0.2, 0) is 14.3 Å². The molecule has 0 aliphatic rings. The van der Waals surface area contributed by atoms with E-state index in [1.807, 2.05) is 6.92 Å². The number of rotatable bonds is 12. The van der Waals surface area contributed by atoms with Crippen molar-refractivity contribution in [3.63, 3.8) is 0 Å². The monoisotopic (exact) mass is 482 g/mol. The highest BCUT2D eigenvalue weighted by Gasteiger charge is 2.15. The van der Waals surface area contributed by atoms with Crippen molar-refractivity contribution < 1.29 is 37.4 Å². The van der Waals surface area contributed by atoms with Crippen molar-refractivity contribution in [2.45, 2.75) is 24.5 Å². The molecule has 2 aromatic rings. The molecule has 0 aromatic heterocycles. The molecule has 0 heterocycles. The van der Waals surface area contributed by atoms with Crippen LogP contribution in [0.1, 0.15) is 24.2 Å². The number of hydrogen-bond acceptors (Lipinski definition) is 7. The Morgan fingerprint density at radius 2 is 1.70 bits per heavy atom. The topological polar surface area (TPSA) is 103 Å². The summed E-state index contributed by atoms with van der Waals surface area (Å²) in [5.74, 6) is -3.84. The van der Waals surface area contributed by atoms with Gasteiger partial charge >= 0.3 is 5.97 Å². The number of ether oxygens (including phenoxy) is 3. The summed E-state index contributed by atoms with van der Waals surface area (Å²) in [6.45, 7) is 3.32. The van der Waals surface area contributed by atoms with E-state index in [1.54, 1.807) is 25.1 Å². The molecule has 8 nitrogen and oxygen atoms in total. The number of benzene rings is 2. The Bertz CT molecular complexity index is 974. The van der Waals surface area contributed by atoms with Gasteiger partial charge in [-0.05, 0) is 44.2 Å². The molecule has 2 rings (SSSR count). The Balaban J connectivity index is 1.84. The highest BCUT2D eigenvalue weighted by atomic mass is 32.2. The smallest absolute Gasteiger partial charge is 0.325 e. The second-order valence-corrected chi connectivity index (χ2v) is 7.33. The Kier molecular flexibility index (Phi) is 10.4. The van der Waals surface area contributed by atoms with Crippen LogP contribution in [0.2, 0.25) is 0 Å². The average Bonchev–Trinajstić information content (AvgIpc) is 2.78. The molecule has 0 aliphatic carbocycles. The van der Waals surface area contributed by atoms with Gasteiger partial charge in [0.2, 0.25) is 0 Å². The van der Waals surface area contributed by atoms with Gasteiger partial charge in [-0.2, -0.15) is 8.78 Å². The normalized spacial score (nSPS) is 10.5. The summed E-state index contributed by atoms with van der Waals surface area (Å²) in [6, 6.07) is 10.6. The number of para-hydroxylation sites is 1. The molecule has 0 spiro atoms. The van der Waals surface area contributed by atoms with Crippen LogP contribution < -0.4 is 20.1 Å². The van der Waals surface area contributed by atoms with Gasteiger partial charge in [-0.3, -0.25) is 14.4 Å². The Morgan fingerprint density at radius 1 is 1.00 bits per heavy atom. The number of carbonyl (C=O) groups is 3. The lowest BCUT2D eigenvalue weighted by molar-refractivity contribution is -0.146. The van der Waals surface area contributed by atoms with E-state index >= 15 is 0 Å². The van der Waals surface area contributed by atoms with Gasteiger partial charge in [0.25, 0.3) is 17.6 Å². The molecular weight excluding hydrogens is 458 g/mol. The van der Waals surface area contributed by atoms with E-state index < -0.39 is 36.7 Å².